The average molecular weight is 252 g/mol. The van der Waals surface area contributed by atoms with Crippen molar-refractivity contribution in [1.29, 1.82) is 0 Å². The van der Waals surface area contributed by atoms with E-state index < -0.39 is 0 Å². The number of piperidine rings is 1. The van der Waals surface area contributed by atoms with E-state index in [0.29, 0.717) is 11.9 Å². The Morgan fingerprint density at radius 2 is 1.94 bits per heavy atom. The fourth-order valence-electron chi connectivity index (χ4n) is 3.32. The Hall–Kier alpha value is -0.570. The summed E-state index contributed by atoms with van der Waals surface area (Å²) in [6.45, 7) is 6.44. The second-order valence-corrected chi connectivity index (χ2v) is 6.09. The molecule has 1 amide bonds. The van der Waals surface area contributed by atoms with Crippen LogP contribution in [0.1, 0.15) is 58.8 Å². The van der Waals surface area contributed by atoms with Crippen LogP contribution in [0.3, 0.4) is 0 Å². The predicted molar refractivity (Wildman–Crippen MR) is 74.4 cm³/mol. The van der Waals surface area contributed by atoms with Gasteiger partial charge in [-0.15, -0.1) is 0 Å². The van der Waals surface area contributed by atoms with Gasteiger partial charge in [-0.2, -0.15) is 0 Å². The van der Waals surface area contributed by atoms with Gasteiger partial charge in [0.05, 0.1) is 6.04 Å². The van der Waals surface area contributed by atoms with Crippen LogP contribution in [0.2, 0.25) is 0 Å². The van der Waals surface area contributed by atoms with E-state index in [1.54, 1.807) is 0 Å². The third-order valence-corrected chi connectivity index (χ3v) is 4.54. The highest BCUT2D eigenvalue weighted by molar-refractivity contribution is 5.82. The van der Waals surface area contributed by atoms with Gasteiger partial charge in [0.1, 0.15) is 0 Å². The highest BCUT2D eigenvalue weighted by Crippen LogP contribution is 2.29. The van der Waals surface area contributed by atoms with Gasteiger partial charge in [0.25, 0.3) is 0 Å². The average Bonchev–Trinajstić information content (AvgIpc) is 2.39. The first kappa shape index (κ1) is 13.9. The molecule has 1 unspecified atom stereocenters. The summed E-state index contributed by atoms with van der Waals surface area (Å²) in [6.07, 6.45) is 8.31. The van der Waals surface area contributed by atoms with E-state index in [-0.39, 0.29) is 6.04 Å². The van der Waals surface area contributed by atoms with Gasteiger partial charge in [-0.1, -0.05) is 13.8 Å². The van der Waals surface area contributed by atoms with Crippen molar-refractivity contribution in [2.45, 2.75) is 70.9 Å². The molecule has 0 bridgehead atoms. The summed E-state index contributed by atoms with van der Waals surface area (Å²) in [5.74, 6) is 1.23. The molecule has 1 atom stereocenters. The van der Waals surface area contributed by atoms with Crippen molar-refractivity contribution in [3.05, 3.63) is 0 Å². The van der Waals surface area contributed by atoms with E-state index in [2.05, 4.69) is 24.1 Å². The fraction of sp³-hybridized carbons (Fsp3) is 0.933. The number of nitrogens with zero attached hydrogens (tertiary/aromatic N) is 1. The second kappa shape index (κ2) is 6.55. The van der Waals surface area contributed by atoms with Gasteiger partial charge in [0.15, 0.2) is 0 Å². The molecule has 0 aromatic rings. The molecule has 3 heteroatoms. The van der Waals surface area contributed by atoms with Crippen LogP contribution in [-0.4, -0.2) is 36.0 Å². The minimum atomic E-state index is 0.0954. The Kier molecular flexibility index (Phi) is 5.04. The van der Waals surface area contributed by atoms with Gasteiger partial charge in [0, 0.05) is 12.6 Å². The lowest BCUT2D eigenvalue weighted by molar-refractivity contribution is -0.139. The zero-order chi connectivity index (χ0) is 13.0. The Morgan fingerprint density at radius 3 is 2.61 bits per heavy atom. The predicted octanol–water partition coefficient (Wildman–Crippen LogP) is 2.56. The van der Waals surface area contributed by atoms with Gasteiger partial charge < -0.3 is 10.2 Å². The maximum Gasteiger partial charge on any atom is 0.239 e. The highest BCUT2D eigenvalue weighted by Gasteiger charge is 2.33. The van der Waals surface area contributed by atoms with Gasteiger partial charge in [-0.3, -0.25) is 4.79 Å². The molecule has 1 saturated heterocycles. The zero-order valence-corrected chi connectivity index (χ0v) is 12.0. The maximum absolute atomic E-state index is 12.5. The number of carbonyl (C=O) groups excluding carboxylic acids is 1. The molecular weight excluding hydrogens is 224 g/mol. The van der Waals surface area contributed by atoms with E-state index in [1.165, 1.54) is 32.1 Å². The van der Waals surface area contributed by atoms with E-state index in [9.17, 15) is 4.79 Å². The summed E-state index contributed by atoms with van der Waals surface area (Å²) in [5, 5.41) is 3.41. The molecule has 1 N–H and O–H groups in total. The number of carbonyl (C=O) groups is 1. The molecule has 0 spiro atoms. The van der Waals surface area contributed by atoms with Crippen LogP contribution < -0.4 is 5.32 Å². The molecule has 1 aliphatic carbocycles. The molecule has 0 radical (unpaired) electrons. The number of hydrogen-bond donors (Lipinski definition) is 1. The molecule has 0 aromatic heterocycles. The number of likely N-dealkylation sites (tertiary alicyclic amines) is 1. The minimum absolute atomic E-state index is 0.0954. The van der Waals surface area contributed by atoms with Crippen LogP contribution >= 0.6 is 0 Å². The van der Waals surface area contributed by atoms with Gasteiger partial charge >= 0.3 is 0 Å². The van der Waals surface area contributed by atoms with Crippen molar-refractivity contribution in [2.75, 3.05) is 13.1 Å². The summed E-state index contributed by atoms with van der Waals surface area (Å²) in [7, 11) is 0. The van der Waals surface area contributed by atoms with Gasteiger partial charge in [-0.05, 0) is 57.4 Å². The summed E-state index contributed by atoms with van der Waals surface area (Å²) in [5.41, 5.74) is 0. The Balaban J connectivity index is 1.89. The van der Waals surface area contributed by atoms with E-state index in [1.807, 2.05) is 0 Å². The van der Waals surface area contributed by atoms with Crippen LogP contribution in [0.4, 0.5) is 0 Å². The summed E-state index contributed by atoms with van der Waals surface area (Å²) < 4.78 is 0. The van der Waals surface area contributed by atoms with E-state index >= 15 is 0 Å². The third-order valence-electron chi connectivity index (χ3n) is 4.54. The summed E-state index contributed by atoms with van der Waals surface area (Å²) >= 11 is 0. The van der Waals surface area contributed by atoms with Crippen LogP contribution in [0.15, 0.2) is 0 Å². The van der Waals surface area contributed by atoms with Crippen molar-refractivity contribution in [2.24, 2.45) is 5.92 Å². The Labute approximate surface area is 111 Å². The smallest absolute Gasteiger partial charge is 0.239 e. The molecule has 0 aromatic carbocycles. The van der Waals surface area contributed by atoms with Crippen LogP contribution in [0.5, 0.6) is 0 Å². The maximum atomic E-state index is 12.5. The van der Waals surface area contributed by atoms with Crippen LogP contribution in [-0.2, 0) is 4.79 Å². The topological polar surface area (TPSA) is 32.3 Å². The van der Waals surface area contributed by atoms with E-state index in [0.717, 1.165) is 31.8 Å². The van der Waals surface area contributed by atoms with Crippen molar-refractivity contribution >= 4 is 5.91 Å². The normalized spacial score (nSPS) is 33.8. The first-order valence-corrected chi connectivity index (χ1v) is 7.76. The van der Waals surface area contributed by atoms with Crippen molar-refractivity contribution in [3.63, 3.8) is 0 Å². The number of amides is 1. The quantitative estimate of drug-likeness (QED) is 0.834. The van der Waals surface area contributed by atoms with Crippen molar-refractivity contribution in [1.82, 2.24) is 10.2 Å². The fourth-order valence-corrected chi connectivity index (χ4v) is 3.32. The number of nitrogens with one attached hydrogen (secondary N) is 1. The number of rotatable bonds is 4. The summed E-state index contributed by atoms with van der Waals surface area (Å²) in [4.78, 5) is 14.7. The summed E-state index contributed by atoms with van der Waals surface area (Å²) in [6, 6.07) is 0.623. The first-order valence-electron chi connectivity index (χ1n) is 7.76. The van der Waals surface area contributed by atoms with E-state index in [4.69, 9.17) is 0 Å². The molecule has 18 heavy (non-hydrogen) atoms. The molecular formula is C15H28N2O. The Bertz CT molecular complexity index is 272. The van der Waals surface area contributed by atoms with Gasteiger partial charge in [-0.25, -0.2) is 0 Å². The third kappa shape index (κ3) is 3.25. The minimum Gasteiger partial charge on any atom is -0.338 e. The molecule has 1 heterocycles. The lowest BCUT2D eigenvalue weighted by Gasteiger charge is -2.41. The molecule has 1 saturated carbocycles. The molecule has 2 rings (SSSR count). The van der Waals surface area contributed by atoms with Gasteiger partial charge in [0.2, 0.25) is 5.91 Å². The number of hydrogen-bond acceptors (Lipinski definition) is 2. The lowest BCUT2D eigenvalue weighted by Crippen LogP contribution is -2.54. The molecule has 2 aliphatic rings. The SMILES string of the molecule is CCCNC1CCCN(C2CCC(C)CC2)C1=O. The van der Waals surface area contributed by atoms with Crippen molar-refractivity contribution in [3.8, 4) is 0 Å². The lowest BCUT2D eigenvalue weighted by atomic mass is 9.85. The van der Waals surface area contributed by atoms with Crippen molar-refractivity contribution < 1.29 is 4.79 Å². The Morgan fingerprint density at radius 1 is 1.22 bits per heavy atom. The molecule has 104 valence electrons. The largest absolute Gasteiger partial charge is 0.338 e. The standard InChI is InChI=1S/C15H28N2O/c1-3-10-16-14-5-4-11-17(15(14)18)13-8-6-12(2)7-9-13/h12-14,16H,3-11H2,1-2H3. The monoisotopic (exact) mass is 252 g/mol. The highest BCUT2D eigenvalue weighted by atomic mass is 16.2. The zero-order valence-electron chi connectivity index (χ0n) is 12.0. The second-order valence-electron chi connectivity index (χ2n) is 6.09. The molecule has 1 aliphatic heterocycles. The molecule has 3 nitrogen and oxygen atoms in total. The molecule has 2 fully saturated rings. The van der Waals surface area contributed by atoms with Crippen LogP contribution in [0.25, 0.3) is 0 Å². The van der Waals surface area contributed by atoms with Crippen LogP contribution in [0, 0.1) is 5.92 Å². The first-order chi connectivity index (χ1) is 8.72.